The van der Waals surface area contributed by atoms with E-state index < -0.39 is 5.60 Å². The molecule has 2 aromatic carbocycles. The Morgan fingerprint density at radius 2 is 1.32 bits per heavy atom. The van der Waals surface area contributed by atoms with Crippen LogP contribution in [0.1, 0.15) is 23.6 Å². The minimum atomic E-state index is -0.826. The number of benzene rings is 2. The molecule has 1 unspecified atom stereocenters. The Labute approximate surface area is 113 Å². The third-order valence-corrected chi connectivity index (χ3v) is 3.20. The van der Waals surface area contributed by atoms with Crippen LogP contribution in [-0.2, 0) is 12.8 Å². The summed E-state index contributed by atoms with van der Waals surface area (Å²) >= 11 is 0. The van der Waals surface area contributed by atoms with E-state index in [2.05, 4.69) is 0 Å². The highest BCUT2D eigenvalue weighted by Crippen LogP contribution is 2.19. The van der Waals surface area contributed by atoms with Crippen molar-refractivity contribution in [3.05, 3.63) is 71.0 Å². The quantitative estimate of drug-likeness (QED) is 0.887. The molecular formula is C17H19FO. The Morgan fingerprint density at radius 3 is 1.79 bits per heavy atom. The second-order valence-corrected chi connectivity index (χ2v) is 5.46. The largest absolute Gasteiger partial charge is 0.389 e. The molecule has 19 heavy (non-hydrogen) atoms. The van der Waals surface area contributed by atoms with E-state index in [1.54, 1.807) is 12.1 Å². The second-order valence-electron chi connectivity index (χ2n) is 5.46. The van der Waals surface area contributed by atoms with Gasteiger partial charge in [-0.25, -0.2) is 4.39 Å². The van der Waals surface area contributed by atoms with Crippen molar-refractivity contribution in [1.82, 2.24) is 0 Å². The van der Waals surface area contributed by atoms with Gasteiger partial charge in [0, 0.05) is 12.8 Å². The highest BCUT2D eigenvalue weighted by atomic mass is 19.1. The van der Waals surface area contributed by atoms with Crippen molar-refractivity contribution >= 4 is 0 Å². The van der Waals surface area contributed by atoms with Gasteiger partial charge >= 0.3 is 0 Å². The van der Waals surface area contributed by atoms with Crippen LogP contribution in [0.5, 0.6) is 0 Å². The molecule has 0 spiro atoms. The van der Waals surface area contributed by atoms with Crippen molar-refractivity contribution < 1.29 is 9.50 Å². The fourth-order valence-electron chi connectivity index (χ4n) is 2.25. The summed E-state index contributed by atoms with van der Waals surface area (Å²) in [6, 6.07) is 14.5. The smallest absolute Gasteiger partial charge is 0.123 e. The highest BCUT2D eigenvalue weighted by Gasteiger charge is 2.21. The SMILES string of the molecule is Cc1ccc(CC(C)(O)Cc2ccc(F)cc2)cc1. The van der Waals surface area contributed by atoms with E-state index in [1.807, 2.05) is 38.1 Å². The second kappa shape index (κ2) is 5.54. The molecule has 1 nitrogen and oxygen atoms in total. The maximum absolute atomic E-state index is 12.8. The summed E-state index contributed by atoms with van der Waals surface area (Å²) in [5.74, 6) is -0.248. The van der Waals surface area contributed by atoms with Crippen molar-refractivity contribution in [1.29, 1.82) is 0 Å². The lowest BCUT2D eigenvalue weighted by molar-refractivity contribution is 0.0608. The van der Waals surface area contributed by atoms with Gasteiger partial charge < -0.3 is 5.11 Å². The highest BCUT2D eigenvalue weighted by molar-refractivity contribution is 5.24. The summed E-state index contributed by atoms with van der Waals surface area (Å²) < 4.78 is 12.8. The average molecular weight is 258 g/mol. The molecule has 0 amide bonds. The molecule has 0 aliphatic carbocycles. The predicted molar refractivity (Wildman–Crippen MR) is 75.6 cm³/mol. The van der Waals surface area contributed by atoms with E-state index in [9.17, 15) is 9.50 Å². The molecule has 2 rings (SSSR count). The molecule has 0 heterocycles. The van der Waals surface area contributed by atoms with Gasteiger partial charge in [-0.05, 0) is 37.1 Å². The van der Waals surface area contributed by atoms with E-state index in [4.69, 9.17) is 0 Å². The maximum atomic E-state index is 12.8. The van der Waals surface area contributed by atoms with Crippen molar-refractivity contribution in [2.24, 2.45) is 0 Å². The Bertz CT molecular complexity index is 477. The third-order valence-electron chi connectivity index (χ3n) is 3.20. The lowest BCUT2D eigenvalue weighted by Gasteiger charge is -2.23. The van der Waals surface area contributed by atoms with Crippen LogP contribution in [0.3, 0.4) is 0 Å². The van der Waals surface area contributed by atoms with Crippen LogP contribution in [0.25, 0.3) is 0 Å². The van der Waals surface area contributed by atoms with E-state index in [-0.39, 0.29) is 5.82 Å². The monoisotopic (exact) mass is 258 g/mol. The zero-order valence-electron chi connectivity index (χ0n) is 11.4. The summed E-state index contributed by atoms with van der Waals surface area (Å²) in [4.78, 5) is 0. The van der Waals surface area contributed by atoms with Crippen LogP contribution in [0.4, 0.5) is 4.39 Å². The Hall–Kier alpha value is -1.67. The van der Waals surface area contributed by atoms with Gasteiger partial charge in [-0.3, -0.25) is 0 Å². The Kier molecular flexibility index (Phi) is 4.01. The number of rotatable bonds is 4. The van der Waals surface area contributed by atoms with Crippen LogP contribution >= 0.6 is 0 Å². The molecule has 0 fully saturated rings. The Balaban J connectivity index is 2.05. The molecule has 0 bridgehead atoms. The molecule has 0 radical (unpaired) electrons. The van der Waals surface area contributed by atoms with Gasteiger partial charge in [-0.1, -0.05) is 42.0 Å². The molecule has 0 aliphatic heterocycles. The summed E-state index contributed by atoms with van der Waals surface area (Å²) in [6.45, 7) is 3.86. The van der Waals surface area contributed by atoms with E-state index in [0.29, 0.717) is 12.8 Å². The fourth-order valence-corrected chi connectivity index (χ4v) is 2.25. The zero-order chi connectivity index (χ0) is 13.9. The van der Waals surface area contributed by atoms with Crippen molar-refractivity contribution in [2.75, 3.05) is 0 Å². The summed E-state index contributed by atoms with van der Waals surface area (Å²) in [5.41, 5.74) is 2.44. The van der Waals surface area contributed by atoms with Crippen molar-refractivity contribution in [2.45, 2.75) is 32.3 Å². The number of hydrogen-bond acceptors (Lipinski definition) is 1. The van der Waals surface area contributed by atoms with Gasteiger partial charge in [-0.15, -0.1) is 0 Å². The van der Waals surface area contributed by atoms with E-state index >= 15 is 0 Å². The van der Waals surface area contributed by atoms with Crippen LogP contribution < -0.4 is 0 Å². The lowest BCUT2D eigenvalue weighted by Crippen LogP contribution is -2.30. The topological polar surface area (TPSA) is 20.2 Å². The van der Waals surface area contributed by atoms with Gasteiger partial charge in [0.2, 0.25) is 0 Å². The van der Waals surface area contributed by atoms with Gasteiger partial charge in [0.05, 0.1) is 5.60 Å². The molecule has 100 valence electrons. The molecule has 2 heteroatoms. The molecule has 0 aliphatic rings. The minimum Gasteiger partial charge on any atom is -0.389 e. The molecule has 1 N–H and O–H groups in total. The summed E-state index contributed by atoms with van der Waals surface area (Å²) in [5, 5.41) is 10.5. The zero-order valence-corrected chi connectivity index (χ0v) is 11.4. The summed E-state index contributed by atoms with van der Waals surface area (Å²) in [7, 11) is 0. The predicted octanol–water partition coefficient (Wildman–Crippen LogP) is 3.67. The third kappa shape index (κ3) is 4.18. The van der Waals surface area contributed by atoms with Crippen LogP contribution in [0.2, 0.25) is 0 Å². The molecule has 1 atom stereocenters. The van der Waals surface area contributed by atoms with Crippen molar-refractivity contribution in [3.63, 3.8) is 0 Å². The molecule has 0 aromatic heterocycles. The number of hydrogen-bond donors (Lipinski definition) is 1. The molecule has 2 aromatic rings. The van der Waals surface area contributed by atoms with Crippen LogP contribution in [0.15, 0.2) is 48.5 Å². The van der Waals surface area contributed by atoms with Crippen LogP contribution in [0, 0.1) is 12.7 Å². The first-order valence-electron chi connectivity index (χ1n) is 6.47. The normalized spacial score (nSPS) is 14.1. The van der Waals surface area contributed by atoms with E-state index in [0.717, 1.165) is 11.1 Å². The first kappa shape index (κ1) is 13.8. The maximum Gasteiger partial charge on any atom is 0.123 e. The van der Waals surface area contributed by atoms with Gasteiger partial charge in [-0.2, -0.15) is 0 Å². The van der Waals surface area contributed by atoms with E-state index in [1.165, 1.54) is 17.7 Å². The number of halogens is 1. The molecule has 0 saturated carbocycles. The van der Waals surface area contributed by atoms with Gasteiger partial charge in [0.1, 0.15) is 5.82 Å². The Morgan fingerprint density at radius 1 is 0.895 bits per heavy atom. The lowest BCUT2D eigenvalue weighted by atomic mass is 9.89. The molecular weight excluding hydrogens is 239 g/mol. The standard InChI is InChI=1S/C17H19FO/c1-13-3-5-14(6-4-13)11-17(2,19)12-15-7-9-16(18)10-8-15/h3-10,19H,11-12H2,1-2H3. The number of aliphatic hydroxyl groups is 1. The molecule has 0 saturated heterocycles. The van der Waals surface area contributed by atoms with Gasteiger partial charge in [0.15, 0.2) is 0 Å². The average Bonchev–Trinajstić information content (AvgIpc) is 2.34. The summed E-state index contributed by atoms with van der Waals surface area (Å²) in [6.07, 6.45) is 1.10. The van der Waals surface area contributed by atoms with Gasteiger partial charge in [0.25, 0.3) is 0 Å². The number of aryl methyl sites for hydroxylation is 1. The van der Waals surface area contributed by atoms with Crippen molar-refractivity contribution in [3.8, 4) is 0 Å². The first-order valence-corrected chi connectivity index (χ1v) is 6.47. The fraction of sp³-hybridized carbons (Fsp3) is 0.294. The first-order chi connectivity index (χ1) is 8.94. The van der Waals surface area contributed by atoms with Crippen LogP contribution in [-0.4, -0.2) is 10.7 Å². The minimum absolute atomic E-state index is 0.248.